The number of rotatable bonds is 1. The highest BCUT2D eigenvalue weighted by Gasteiger charge is 2.33. The minimum absolute atomic E-state index is 0.694. The van der Waals surface area contributed by atoms with Crippen molar-refractivity contribution in [1.82, 2.24) is 4.98 Å². The van der Waals surface area contributed by atoms with Crippen molar-refractivity contribution in [2.45, 2.75) is 12.1 Å². The molecule has 0 fully saturated rings. The van der Waals surface area contributed by atoms with Gasteiger partial charge in [0.05, 0.1) is 23.4 Å². The van der Waals surface area contributed by atoms with Crippen LogP contribution in [0.4, 0.5) is 0 Å². The van der Waals surface area contributed by atoms with Gasteiger partial charge >= 0.3 is 0 Å². The van der Waals surface area contributed by atoms with Crippen LogP contribution in [-0.2, 0) is 0 Å². The van der Waals surface area contributed by atoms with E-state index in [2.05, 4.69) is 28.2 Å². The zero-order chi connectivity index (χ0) is 17.7. The Hall–Kier alpha value is -3.40. The van der Waals surface area contributed by atoms with Crippen LogP contribution in [0.1, 0.15) is 23.3 Å². The Balaban J connectivity index is 1.91. The lowest BCUT2D eigenvalue weighted by Crippen LogP contribution is -2.16. The highest BCUT2D eigenvalue weighted by molar-refractivity contribution is 6.07. The quantitative estimate of drug-likeness (QED) is 0.216. The van der Waals surface area contributed by atoms with Crippen molar-refractivity contribution in [2.75, 3.05) is 0 Å². The van der Waals surface area contributed by atoms with Gasteiger partial charge in [-0.3, -0.25) is 0 Å². The van der Waals surface area contributed by atoms with E-state index in [1.54, 1.807) is 0 Å². The molecule has 1 N–H and O–H groups in total. The number of nitrogens with zero attached hydrogens (tertiary/aromatic N) is 4. The van der Waals surface area contributed by atoms with Crippen LogP contribution in [0.5, 0.6) is 0 Å². The molecule has 1 aliphatic rings. The molecule has 0 spiro atoms. The number of benzene rings is 3. The van der Waals surface area contributed by atoms with Crippen molar-refractivity contribution in [3.05, 3.63) is 88.3 Å². The number of hydrogen-bond donors (Lipinski definition) is 1. The predicted octanol–water partition coefficient (Wildman–Crippen LogP) is 5.45. The standard InChI is InChI=1S/C21H14N4O/c22-25-24-20-17-11-16-13-6-2-1-5-12(13)9-10-18(16)23-19(17)14-7-3-4-8-15(14)21(20)26/h1-11,20-21,26H/t20-,21-/m1/s1. The van der Waals surface area contributed by atoms with Crippen LogP contribution in [0.15, 0.2) is 71.8 Å². The maximum atomic E-state index is 10.8. The molecule has 2 atom stereocenters. The Morgan fingerprint density at radius 1 is 0.923 bits per heavy atom. The van der Waals surface area contributed by atoms with E-state index in [1.165, 1.54) is 0 Å². The number of aliphatic hydroxyl groups is 1. The summed E-state index contributed by atoms with van der Waals surface area (Å²) in [5, 5.41) is 17.9. The summed E-state index contributed by atoms with van der Waals surface area (Å²) in [7, 11) is 0. The molecule has 0 radical (unpaired) electrons. The van der Waals surface area contributed by atoms with Crippen molar-refractivity contribution < 1.29 is 5.11 Å². The maximum Gasteiger partial charge on any atom is 0.0948 e. The molecule has 0 unspecified atom stereocenters. The van der Waals surface area contributed by atoms with E-state index in [0.717, 1.165) is 44.1 Å². The highest BCUT2D eigenvalue weighted by atomic mass is 16.3. The van der Waals surface area contributed by atoms with Gasteiger partial charge in [-0.1, -0.05) is 59.7 Å². The fourth-order valence-electron chi connectivity index (χ4n) is 3.88. The first-order valence-electron chi connectivity index (χ1n) is 8.42. The molecule has 26 heavy (non-hydrogen) atoms. The highest BCUT2D eigenvalue weighted by Crippen LogP contribution is 2.46. The molecule has 3 aromatic carbocycles. The SMILES string of the molecule is [N-]=[N+]=N[C@@H]1c2cc3c(ccc4ccccc43)nc2-c2ccccc2[C@H]1O. The average molecular weight is 338 g/mol. The minimum Gasteiger partial charge on any atom is -0.388 e. The van der Waals surface area contributed by atoms with Crippen LogP contribution >= 0.6 is 0 Å². The minimum atomic E-state index is -0.885. The summed E-state index contributed by atoms with van der Waals surface area (Å²) in [6.07, 6.45) is -0.885. The lowest BCUT2D eigenvalue weighted by Gasteiger charge is -2.29. The molecule has 5 heteroatoms. The van der Waals surface area contributed by atoms with Crippen molar-refractivity contribution >= 4 is 21.7 Å². The van der Waals surface area contributed by atoms with Gasteiger partial charge in [-0.15, -0.1) is 0 Å². The number of azide groups is 1. The van der Waals surface area contributed by atoms with Gasteiger partial charge in [0.25, 0.3) is 0 Å². The van der Waals surface area contributed by atoms with Gasteiger partial charge in [0, 0.05) is 15.9 Å². The molecule has 124 valence electrons. The third kappa shape index (κ3) is 2.02. The van der Waals surface area contributed by atoms with E-state index in [4.69, 9.17) is 10.5 Å². The van der Waals surface area contributed by atoms with Gasteiger partial charge in [-0.2, -0.15) is 0 Å². The van der Waals surface area contributed by atoms with E-state index < -0.39 is 12.1 Å². The van der Waals surface area contributed by atoms with Crippen molar-refractivity contribution in [1.29, 1.82) is 0 Å². The molecular weight excluding hydrogens is 324 g/mol. The number of aromatic nitrogens is 1. The van der Waals surface area contributed by atoms with Crippen molar-refractivity contribution in [3.8, 4) is 11.3 Å². The summed E-state index contributed by atoms with van der Waals surface area (Å²) < 4.78 is 0. The summed E-state index contributed by atoms with van der Waals surface area (Å²) in [6.45, 7) is 0. The third-order valence-corrected chi connectivity index (χ3v) is 5.08. The number of pyridine rings is 1. The second kappa shape index (κ2) is 5.56. The summed E-state index contributed by atoms with van der Waals surface area (Å²) in [6, 6.07) is 21.1. The second-order valence-electron chi connectivity index (χ2n) is 6.46. The molecule has 1 aromatic heterocycles. The molecule has 0 bridgehead atoms. The average Bonchev–Trinajstić information content (AvgIpc) is 2.70. The summed E-state index contributed by atoms with van der Waals surface area (Å²) in [5.74, 6) is 0. The van der Waals surface area contributed by atoms with Crippen LogP contribution in [0, 0.1) is 0 Å². The zero-order valence-electron chi connectivity index (χ0n) is 13.7. The monoisotopic (exact) mass is 338 g/mol. The molecule has 1 heterocycles. The first-order chi connectivity index (χ1) is 12.8. The molecule has 0 saturated heterocycles. The largest absolute Gasteiger partial charge is 0.388 e. The molecular formula is C21H14N4O. The molecule has 1 aliphatic carbocycles. The topological polar surface area (TPSA) is 81.9 Å². The Labute approximate surface area is 149 Å². The number of hydrogen-bond acceptors (Lipinski definition) is 3. The maximum absolute atomic E-state index is 10.8. The fourth-order valence-corrected chi connectivity index (χ4v) is 3.88. The van der Waals surface area contributed by atoms with Crippen LogP contribution < -0.4 is 0 Å². The third-order valence-electron chi connectivity index (χ3n) is 5.08. The van der Waals surface area contributed by atoms with E-state index in [1.807, 2.05) is 48.5 Å². The summed E-state index contributed by atoms with van der Waals surface area (Å²) in [5.41, 5.74) is 13.1. The van der Waals surface area contributed by atoms with Crippen LogP contribution in [0.25, 0.3) is 43.4 Å². The van der Waals surface area contributed by atoms with Gasteiger partial charge < -0.3 is 5.11 Å². The van der Waals surface area contributed by atoms with Gasteiger partial charge in [0.1, 0.15) is 0 Å². The first-order valence-corrected chi connectivity index (χ1v) is 8.42. The van der Waals surface area contributed by atoms with Crippen LogP contribution in [-0.4, -0.2) is 10.1 Å². The molecule has 0 aliphatic heterocycles. The first kappa shape index (κ1) is 14.9. The van der Waals surface area contributed by atoms with Crippen molar-refractivity contribution in [2.24, 2.45) is 5.11 Å². The zero-order valence-corrected chi connectivity index (χ0v) is 13.7. The van der Waals surface area contributed by atoms with E-state index in [0.29, 0.717) is 0 Å². The lowest BCUT2D eigenvalue weighted by atomic mass is 9.83. The molecule has 4 aromatic rings. The number of fused-ring (bicyclic) bond motifs is 6. The smallest absolute Gasteiger partial charge is 0.0948 e. The van der Waals surface area contributed by atoms with E-state index >= 15 is 0 Å². The summed E-state index contributed by atoms with van der Waals surface area (Å²) in [4.78, 5) is 7.84. The Kier molecular flexibility index (Phi) is 3.19. The van der Waals surface area contributed by atoms with Crippen LogP contribution in [0.2, 0.25) is 0 Å². The number of aliphatic hydroxyl groups excluding tert-OH is 1. The van der Waals surface area contributed by atoms with Gasteiger partial charge in [0.2, 0.25) is 0 Å². The molecule has 5 nitrogen and oxygen atoms in total. The van der Waals surface area contributed by atoms with Crippen LogP contribution in [0.3, 0.4) is 0 Å². The lowest BCUT2D eigenvalue weighted by molar-refractivity contribution is 0.145. The van der Waals surface area contributed by atoms with Gasteiger partial charge in [0.15, 0.2) is 0 Å². The molecule has 0 saturated carbocycles. The summed E-state index contributed by atoms with van der Waals surface area (Å²) >= 11 is 0. The van der Waals surface area contributed by atoms with Gasteiger partial charge in [-0.25, -0.2) is 4.98 Å². The Morgan fingerprint density at radius 3 is 2.62 bits per heavy atom. The van der Waals surface area contributed by atoms with E-state index in [-0.39, 0.29) is 0 Å². The Bertz CT molecular complexity index is 1230. The Morgan fingerprint density at radius 2 is 1.73 bits per heavy atom. The normalized spacial score (nSPS) is 18.2. The van der Waals surface area contributed by atoms with Gasteiger partial charge in [-0.05, 0) is 39.6 Å². The second-order valence-corrected chi connectivity index (χ2v) is 6.46. The fraction of sp³-hybridized carbons (Fsp3) is 0.0952. The van der Waals surface area contributed by atoms with E-state index in [9.17, 15) is 5.11 Å². The molecule has 5 rings (SSSR count). The van der Waals surface area contributed by atoms with Crippen molar-refractivity contribution in [3.63, 3.8) is 0 Å². The molecule has 0 amide bonds. The predicted molar refractivity (Wildman–Crippen MR) is 102 cm³/mol.